The molecule has 0 spiro atoms. The molecule has 6 aliphatic heterocycles. The van der Waals surface area contributed by atoms with Crippen LogP contribution in [0.25, 0.3) is 11.0 Å². The molecule has 13 rings (SSSR count). The fourth-order valence-electron chi connectivity index (χ4n) is 14.6. The number of benzene rings is 2. The zero-order chi connectivity index (χ0) is 57.8. The molecule has 84 heavy (non-hydrogen) atoms. The summed E-state index contributed by atoms with van der Waals surface area (Å²) in [4.78, 5) is 95.2. The highest BCUT2D eigenvalue weighted by Crippen LogP contribution is 2.50. The fourth-order valence-corrected chi connectivity index (χ4v) is 15.6. The molecule has 6 saturated heterocycles. The van der Waals surface area contributed by atoms with Crippen LogP contribution in [0.1, 0.15) is 135 Å². The van der Waals surface area contributed by atoms with Gasteiger partial charge in [0.25, 0.3) is 5.91 Å². The Morgan fingerprint density at radius 3 is 2.24 bits per heavy atom. The van der Waals surface area contributed by atoms with Crippen molar-refractivity contribution in [1.29, 1.82) is 0 Å². The highest BCUT2D eigenvalue weighted by molar-refractivity contribution is 7.98. The molecule has 1 unspecified atom stereocenters. The first-order valence-electron chi connectivity index (χ1n) is 31.4. The highest BCUT2D eigenvalue weighted by Gasteiger charge is 2.55. The first-order valence-corrected chi connectivity index (χ1v) is 32.7. The van der Waals surface area contributed by atoms with Gasteiger partial charge in [0.05, 0.1) is 40.3 Å². The number of hydrogen-bond donors (Lipinski definition) is 5. The second-order valence-electron chi connectivity index (χ2n) is 25.8. The van der Waals surface area contributed by atoms with Crippen LogP contribution in [-0.4, -0.2) is 197 Å². The van der Waals surface area contributed by atoms with E-state index in [1.54, 1.807) is 6.33 Å². The van der Waals surface area contributed by atoms with Gasteiger partial charge in [0.15, 0.2) is 0 Å². The van der Waals surface area contributed by atoms with Crippen molar-refractivity contribution in [2.24, 2.45) is 17.1 Å². The molecule has 0 radical (unpaired) electrons. The van der Waals surface area contributed by atoms with Gasteiger partial charge in [0.1, 0.15) is 23.8 Å². The number of halogens is 1. The molecule has 3 saturated carbocycles. The number of fused-ring (bicyclic) bond motifs is 4. The average molecular weight is 1190 g/mol. The Bertz CT molecular complexity index is 2940. The van der Waals surface area contributed by atoms with Crippen molar-refractivity contribution in [2.45, 2.75) is 137 Å². The maximum absolute atomic E-state index is 14.6. The number of aromatic nitrogens is 3. The van der Waals surface area contributed by atoms with Crippen LogP contribution in [0.3, 0.4) is 0 Å². The molecule has 21 heteroatoms. The minimum Gasteiger partial charge on any atom is -0.373 e. The number of carbonyl (C=O) groups excluding carboxylic acids is 5. The molecule has 19 nitrogen and oxygen atoms in total. The third-order valence-corrected chi connectivity index (χ3v) is 21.6. The summed E-state index contributed by atoms with van der Waals surface area (Å²) in [5.41, 5.74) is 8.55. The number of nitrogens with one attached hydrogen (secondary N) is 4. The number of nitrogens with zero attached hydrogens (tertiary/aromatic N) is 8. The molecular formula is C63H86ClN13O6S. The smallest absolute Gasteiger partial charge is 0.251 e. The van der Waals surface area contributed by atoms with Crippen molar-refractivity contribution in [3.63, 3.8) is 0 Å². The number of ether oxygens (including phenoxy) is 1. The molecule has 5 amide bonds. The minimum atomic E-state index is -1.00. The maximum atomic E-state index is 14.6. The molecule has 9 aliphatic rings. The summed E-state index contributed by atoms with van der Waals surface area (Å²) in [6, 6.07) is 17.6. The van der Waals surface area contributed by atoms with Gasteiger partial charge in [-0.15, -0.1) is 0 Å². The van der Waals surface area contributed by atoms with E-state index in [1.807, 2.05) is 64.5 Å². The second-order valence-corrected chi connectivity index (χ2v) is 27.2. The predicted octanol–water partition coefficient (Wildman–Crippen LogP) is 6.26. The van der Waals surface area contributed by atoms with E-state index in [0.29, 0.717) is 88.4 Å². The van der Waals surface area contributed by atoms with Crippen molar-refractivity contribution < 1.29 is 28.7 Å². The quantitative estimate of drug-likeness (QED) is 0.0656. The van der Waals surface area contributed by atoms with Crippen molar-refractivity contribution in [2.75, 3.05) is 110 Å². The minimum absolute atomic E-state index is 0.0239. The largest absolute Gasteiger partial charge is 0.373 e. The summed E-state index contributed by atoms with van der Waals surface area (Å²) >= 11 is 7.74. The Kier molecular flexibility index (Phi) is 18.2. The molecule has 6 N–H and O–H groups in total. The summed E-state index contributed by atoms with van der Waals surface area (Å²) in [5, 5.41) is 8.22. The lowest BCUT2D eigenvalue weighted by atomic mass is 9.65. The number of aromatic amines is 1. The van der Waals surface area contributed by atoms with Gasteiger partial charge in [-0.25, -0.2) is 9.97 Å². The third-order valence-electron chi connectivity index (χ3n) is 20.3. The predicted molar refractivity (Wildman–Crippen MR) is 326 cm³/mol. The number of hydrogen-bond acceptors (Lipinski definition) is 14. The summed E-state index contributed by atoms with van der Waals surface area (Å²) in [7, 11) is 0. The van der Waals surface area contributed by atoms with Gasteiger partial charge in [-0.05, 0) is 149 Å². The van der Waals surface area contributed by atoms with Crippen molar-refractivity contribution in [3.8, 4) is 0 Å². The van der Waals surface area contributed by atoms with E-state index in [9.17, 15) is 24.0 Å². The number of amides is 5. The van der Waals surface area contributed by atoms with Gasteiger partial charge in [-0.1, -0.05) is 55.1 Å². The third kappa shape index (κ3) is 13.4. The standard InChI is InChI=1S/C63H86ClN13O6S/c64-49-13-11-44(12-14-49)52(84-71-59(81)63(65)23-28-74(29-24-63)56-51-17-25-66-55(51)68-43-69-56)18-27-72-30-36-76(37-31-72)60(82)61-19-21-62(22-20-61,83-42-61)41-73-32-34-75(35-33-73)58(80)54(45-6-2-1-3-7-45)70-57(79)47-9-4-8-46(38-47)48-10-5-26-77(40-48)53(78)39-67-50-15-16-50/h4,8-9,11-14,17,25,38,43,45,48,50,52,54,67H,1-3,5-7,10,15-16,18-24,26-37,39-42,65H2,(H,70,79)(H,71,81)(H,66,68,69)/t48?,52-,54+,61?,62?/m0/s1. The average Bonchev–Trinajstić information content (AvgIpc) is 2.48. The van der Waals surface area contributed by atoms with Crippen LogP contribution < -0.4 is 26.0 Å². The number of rotatable bonds is 19. The molecule has 9 fully saturated rings. The lowest BCUT2D eigenvalue weighted by molar-refractivity contribution is -0.203. The molecule has 2 aromatic heterocycles. The van der Waals surface area contributed by atoms with Crippen LogP contribution in [0.4, 0.5) is 5.82 Å². The van der Waals surface area contributed by atoms with E-state index >= 15 is 0 Å². The maximum Gasteiger partial charge on any atom is 0.251 e. The van der Waals surface area contributed by atoms with Crippen molar-refractivity contribution in [3.05, 3.63) is 88.8 Å². The zero-order valence-corrected chi connectivity index (χ0v) is 50.3. The molecule has 452 valence electrons. The van der Waals surface area contributed by atoms with Crippen molar-refractivity contribution >= 4 is 69.9 Å². The number of H-pyrrole nitrogens is 1. The van der Waals surface area contributed by atoms with E-state index in [1.165, 1.54) is 11.9 Å². The van der Waals surface area contributed by atoms with E-state index in [-0.39, 0.29) is 52.2 Å². The lowest BCUT2D eigenvalue weighted by Gasteiger charge is -2.55. The number of piperazine rings is 2. The molecule has 3 aliphatic carbocycles. The number of carbonyl (C=O) groups is 5. The Morgan fingerprint density at radius 2 is 1.51 bits per heavy atom. The molecule has 3 atom stereocenters. The number of anilines is 1. The molecule has 2 bridgehead atoms. The first kappa shape index (κ1) is 59.0. The molecule has 4 aromatic rings. The summed E-state index contributed by atoms with van der Waals surface area (Å²) < 4.78 is 9.96. The zero-order valence-electron chi connectivity index (χ0n) is 48.8. The monoisotopic (exact) mass is 1190 g/mol. The Morgan fingerprint density at radius 1 is 0.774 bits per heavy atom. The lowest BCUT2D eigenvalue weighted by Crippen LogP contribution is -2.63. The highest BCUT2D eigenvalue weighted by atomic mass is 35.5. The number of likely N-dealkylation sites (tertiary alicyclic amines) is 1. The summed E-state index contributed by atoms with van der Waals surface area (Å²) in [6.45, 7) is 10.6. The normalized spacial score (nSPS) is 26.0. The van der Waals surface area contributed by atoms with E-state index < -0.39 is 17.0 Å². The number of piperidine rings is 2. The van der Waals surface area contributed by atoms with E-state index in [4.69, 9.17) is 22.1 Å². The van der Waals surface area contributed by atoms with Gasteiger partial charge >= 0.3 is 0 Å². The topological polar surface area (TPSA) is 218 Å². The van der Waals surface area contributed by atoms with Gasteiger partial charge in [-0.3, -0.25) is 38.5 Å². The van der Waals surface area contributed by atoms with Crippen LogP contribution in [0.5, 0.6) is 0 Å². The van der Waals surface area contributed by atoms with E-state index in [0.717, 1.165) is 164 Å². The van der Waals surface area contributed by atoms with E-state index in [2.05, 4.69) is 56.0 Å². The summed E-state index contributed by atoms with van der Waals surface area (Å²) in [5.74, 6) is 1.15. The summed E-state index contributed by atoms with van der Waals surface area (Å²) in [6.07, 6.45) is 17.9. The fraction of sp³-hybridized carbons (Fsp3) is 0.635. The second kappa shape index (κ2) is 25.9. The SMILES string of the molecule is NC1(C(=O)NS[C@@H](CCN2CCN(C(=O)C34CCC(CN5CCN(C(=O)[C@H](NC(=O)c6cccc(C7CCCN(C(=O)CNC8CC8)C7)c6)C6CCCCC6)CC5)(CC3)OC4)CC2)c2ccc(Cl)cc2)CCN(c2ncnc3[nH]ccc23)CC1. The van der Waals surface area contributed by atoms with Crippen LogP contribution in [0, 0.1) is 11.3 Å². The Hall–Kier alpha value is -5.35. The number of nitrogens with two attached hydrogens (primary N) is 1. The first-order chi connectivity index (χ1) is 40.8. The molecule has 8 heterocycles. The molecular weight excluding hydrogens is 1100 g/mol. The van der Waals surface area contributed by atoms with Gasteiger partial charge in [0.2, 0.25) is 23.6 Å². The van der Waals surface area contributed by atoms with Crippen LogP contribution in [-0.2, 0) is 23.9 Å². The van der Waals surface area contributed by atoms with Gasteiger partial charge in [0, 0.05) is 114 Å². The van der Waals surface area contributed by atoms with Crippen molar-refractivity contribution in [1.82, 2.24) is 54.8 Å². The van der Waals surface area contributed by atoms with Crippen LogP contribution >= 0.6 is 23.5 Å². The van der Waals surface area contributed by atoms with Crippen LogP contribution in [0.15, 0.2) is 67.1 Å². The molecule has 2 aromatic carbocycles. The van der Waals surface area contributed by atoms with Gasteiger partial charge < -0.3 is 45.7 Å². The van der Waals surface area contributed by atoms with Crippen LogP contribution in [0.2, 0.25) is 5.02 Å². The van der Waals surface area contributed by atoms with Gasteiger partial charge in [-0.2, -0.15) is 0 Å². The Balaban J connectivity index is 0.586. The Labute approximate surface area is 503 Å².